The zero-order chi connectivity index (χ0) is 22.4. The number of esters is 1. The molecule has 2 N–H and O–H groups in total. The van der Waals surface area contributed by atoms with Gasteiger partial charge in [0, 0.05) is 27.9 Å². The highest BCUT2D eigenvalue weighted by atomic mass is 16.7. The molecule has 1 saturated heterocycles. The largest absolute Gasteiger partial charge is 0.711 e. The van der Waals surface area contributed by atoms with E-state index in [9.17, 15) is 30.1 Å². The van der Waals surface area contributed by atoms with E-state index < -0.39 is 53.4 Å². The Balaban J connectivity index is 1.71. The number of rotatable bonds is 3. The van der Waals surface area contributed by atoms with Gasteiger partial charge in [0.2, 0.25) is 0 Å². The fourth-order valence-corrected chi connectivity index (χ4v) is 4.89. The number of phenolic OH excluding ortho intramolecular Hbond substituents is 1. The smallest absolute Gasteiger partial charge is 0.309 e. The molecule has 3 aliphatic carbocycles. The molecule has 5 rings (SSSR count). The van der Waals surface area contributed by atoms with Gasteiger partial charge in [0.15, 0.2) is 17.7 Å². The maximum absolute atomic E-state index is 13.4. The number of epoxide rings is 1. The van der Waals surface area contributed by atoms with Crippen molar-refractivity contribution in [3.63, 3.8) is 0 Å². The molecule has 160 valence electrons. The second-order valence-electron chi connectivity index (χ2n) is 8.67. The first-order chi connectivity index (χ1) is 14.6. The molecule has 9 nitrogen and oxygen atoms in total. The lowest BCUT2D eigenvalue weighted by Gasteiger charge is -2.33. The van der Waals surface area contributed by atoms with Gasteiger partial charge >= 0.3 is 5.97 Å². The van der Waals surface area contributed by atoms with E-state index >= 15 is 0 Å². The number of carbonyl (C=O) groups excluding carboxylic acids is 3. The quantitative estimate of drug-likeness (QED) is 0.428. The number of hydrogen-bond acceptors (Lipinski definition) is 8. The van der Waals surface area contributed by atoms with Crippen molar-refractivity contribution >= 4 is 17.5 Å². The molecule has 1 aromatic rings. The Labute approximate surface area is 176 Å². The summed E-state index contributed by atoms with van der Waals surface area (Å²) >= 11 is 0. The van der Waals surface area contributed by atoms with Crippen LogP contribution in [0.1, 0.15) is 41.5 Å². The van der Waals surface area contributed by atoms with Gasteiger partial charge in [-0.3, -0.25) is 14.4 Å². The number of nitrogens with zero attached hydrogens (tertiary/aromatic N) is 2. The number of phenols is 1. The molecule has 4 aliphatic rings. The summed E-state index contributed by atoms with van der Waals surface area (Å²) in [7, 11) is 0. The first kappa shape index (κ1) is 19.8. The summed E-state index contributed by atoms with van der Waals surface area (Å²) in [5.41, 5.74) is 8.59. The minimum absolute atomic E-state index is 0.0119. The molecule has 0 radical (unpaired) electrons. The number of carbonyl (C=O) groups is 3. The highest BCUT2D eigenvalue weighted by Crippen LogP contribution is 2.58. The second-order valence-corrected chi connectivity index (χ2v) is 8.67. The third-order valence-corrected chi connectivity index (χ3v) is 6.50. The third kappa shape index (κ3) is 2.35. The van der Waals surface area contributed by atoms with Crippen molar-refractivity contribution in [2.45, 2.75) is 50.7 Å². The van der Waals surface area contributed by atoms with Gasteiger partial charge in [-0.05, 0) is 13.0 Å². The van der Waals surface area contributed by atoms with Gasteiger partial charge in [0.25, 0.3) is 0 Å². The standard InChI is InChI=1S/C22H19N2O7/c1-7(2)21(29)30-19-14-12(18(28)20-22(19,3)31-20)11-13(15(14)24-23)17(27)10-8(16(11)26)5-4-6-9(10)25/h4-7,15,18-20,25,28H,1-3H3/q-1/t15?,18-,19+,20+,22+/m1/s1. The summed E-state index contributed by atoms with van der Waals surface area (Å²) in [4.78, 5) is 39.1. The number of Topliss-reactive ketones (excluding diaryl/α,β-unsaturated/α-hetero) is 2. The molecule has 1 aromatic carbocycles. The maximum atomic E-state index is 13.4. The number of aromatic hydroxyl groups is 1. The average molecular weight is 423 g/mol. The molecule has 1 heterocycles. The summed E-state index contributed by atoms with van der Waals surface area (Å²) in [6, 6.07) is 2.80. The highest BCUT2D eigenvalue weighted by molar-refractivity contribution is 6.31. The summed E-state index contributed by atoms with van der Waals surface area (Å²) < 4.78 is 11.4. The Morgan fingerprint density at radius 3 is 2.61 bits per heavy atom. The number of ether oxygens (including phenoxy) is 2. The molecule has 0 bridgehead atoms. The van der Waals surface area contributed by atoms with E-state index in [2.05, 4.69) is 5.11 Å². The van der Waals surface area contributed by atoms with Crippen LogP contribution >= 0.6 is 0 Å². The third-order valence-electron chi connectivity index (χ3n) is 6.50. The predicted molar refractivity (Wildman–Crippen MR) is 104 cm³/mol. The van der Waals surface area contributed by atoms with Crippen molar-refractivity contribution < 1.29 is 34.1 Å². The highest BCUT2D eigenvalue weighted by Gasteiger charge is 2.70. The Morgan fingerprint density at radius 2 is 1.97 bits per heavy atom. The minimum Gasteiger partial charge on any atom is -0.711 e. The number of hydrogen-bond donors (Lipinski definition) is 2. The van der Waals surface area contributed by atoms with Crippen LogP contribution in [-0.2, 0) is 14.3 Å². The number of ketones is 2. The van der Waals surface area contributed by atoms with Gasteiger partial charge in [-0.2, -0.15) is 0 Å². The van der Waals surface area contributed by atoms with Gasteiger partial charge in [-0.25, -0.2) is 0 Å². The molecule has 5 atom stereocenters. The van der Waals surface area contributed by atoms with Crippen LogP contribution in [0.15, 0.2) is 45.6 Å². The number of benzene rings is 1. The normalized spacial score (nSPS) is 33.1. The van der Waals surface area contributed by atoms with Gasteiger partial charge in [0.1, 0.15) is 23.6 Å². The molecule has 0 amide bonds. The first-order valence-electron chi connectivity index (χ1n) is 9.93. The van der Waals surface area contributed by atoms with E-state index in [-0.39, 0.29) is 39.2 Å². The number of aliphatic hydroxyl groups is 1. The van der Waals surface area contributed by atoms with Gasteiger partial charge < -0.3 is 30.3 Å². The van der Waals surface area contributed by atoms with Crippen LogP contribution in [0.25, 0.3) is 5.53 Å². The van der Waals surface area contributed by atoms with Crippen LogP contribution in [0.5, 0.6) is 5.75 Å². The Kier molecular flexibility index (Phi) is 3.94. The van der Waals surface area contributed by atoms with Gasteiger partial charge in [-0.15, -0.1) is 0 Å². The summed E-state index contributed by atoms with van der Waals surface area (Å²) in [5.74, 6) is -2.64. The van der Waals surface area contributed by atoms with Crippen LogP contribution in [0.2, 0.25) is 0 Å². The van der Waals surface area contributed by atoms with E-state index in [1.165, 1.54) is 18.2 Å². The van der Waals surface area contributed by atoms with Crippen molar-refractivity contribution in [2.24, 2.45) is 11.0 Å². The fourth-order valence-electron chi connectivity index (χ4n) is 4.89. The number of fused-ring (bicyclic) bond motifs is 3. The Bertz CT molecular complexity index is 1160. The summed E-state index contributed by atoms with van der Waals surface area (Å²) in [6.07, 6.45) is -3.09. The molecule has 0 spiro atoms. The first-order valence-corrected chi connectivity index (χ1v) is 9.93. The van der Waals surface area contributed by atoms with Crippen LogP contribution in [0.3, 0.4) is 0 Å². The monoisotopic (exact) mass is 423 g/mol. The van der Waals surface area contributed by atoms with Gasteiger partial charge in [-0.1, -0.05) is 26.0 Å². The minimum atomic E-state index is -1.34. The number of aliphatic hydroxyl groups excluding tert-OH is 1. The molecule has 1 fully saturated rings. The zero-order valence-corrected chi connectivity index (χ0v) is 16.9. The van der Waals surface area contributed by atoms with Crippen LogP contribution < -0.4 is 0 Å². The zero-order valence-electron chi connectivity index (χ0n) is 16.9. The SMILES string of the molecule is CC(C)C(=O)O[C@H]1C2=C(C3=C(C(=O)c4c(O)cccc4C3=O)C2N=[N-])[C@@H](O)[C@@H]2O[C@@]12C. The van der Waals surface area contributed by atoms with E-state index in [0.717, 1.165) is 0 Å². The molecule has 9 heteroatoms. The molecule has 1 unspecified atom stereocenters. The molecular weight excluding hydrogens is 404 g/mol. The van der Waals surface area contributed by atoms with Crippen molar-refractivity contribution in [2.75, 3.05) is 0 Å². The lowest BCUT2D eigenvalue weighted by molar-refractivity contribution is -0.154. The second kappa shape index (κ2) is 6.18. The Hall–Kier alpha value is -3.17. The molecule has 31 heavy (non-hydrogen) atoms. The summed E-state index contributed by atoms with van der Waals surface area (Å²) in [5, 5.41) is 24.5. The van der Waals surface area contributed by atoms with Gasteiger partial charge in [0.05, 0.1) is 17.5 Å². The lowest BCUT2D eigenvalue weighted by atomic mass is 9.77. The van der Waals surface area contributed by atoms with Crippen molar-refractivity contribution in [3.8, 4) is 5.75 Å². The maximum Gasteiger partial charge on any atom is 0.309 e. The van der Waals surface area contributed by atoms with E-state index in [1.54, 1.807) is 20.8 Å². The average Bonchev–Trinajstić information content (AvgIpc) is 3.30. The molecule has 1 aliphatic heterocycles. The summed E-state index contributed by atoms with van der Waals surface area (Å²) in [6.45, 7) is 4.96. The van der Waals surface area contributed by atoms with Crippen LogP contribution in [0, 0.1) is 5.92 Å². The topological polar surface area (TPSA) is 148 Å². The lowest BCUT2D eigenvalue weighted by Crippen LogP contribution is -2.46. The fraction of sp³-hybridized carbons (Fsp3) is 0.409. The molecule has 0 saturated carbocycles. The van der Waals surface area contributed by atoms with Crippen LogP contribution in [-0.4, -0.2) is 57.7 Å². The van der Waals surface area contributed by atoms with E-state index in [0.29, 0.717) is 0 Å². The van der Waals surface area contributed by atoms with Crippen LogP contribution in [0.4, 0.5) is 0 Å². The van der Waals surface area contributed by atoms with E-state index in [4.69, 9.17) is 9.47 Å². The van der Waals surface area contributed by atoms with Crippen molar-refractivity contribution in [1.82, 2.24) is 0 Å². The van der Waals surface area contributed by atoms with Crippen molar-refractivity contribution in [1.29, 1.82) is 0 Å². The molecule has 0 aromatic heterocycles. The predicted octanol–water partition coefficient (Wildman–Crippen LogP) is 1.87. The van der Waals surface area contributed by atoms with E-state index in [1.807, 2.05) is 0 Å². The van der Waals surface area contributed by atoms with Crippen molar-refractivity contribution in [3.05, 3.63) is 57.1 Å². The Morgan fingerprint density at radius 1 is 1.26 bits per heavy atom. The molecular formula is C22H19N2O7-.